The van der Waals surface area contributed by atoms with E-state index < -0.39 is 5.54 Å². The minimum absolute atomic E-state index is 0.0500. The highest BCUT2D eigenvalue weighted by Gasteiger charge is 2.50. The third-order valence-corrected chi connectivity index (χ3v) is 5.81. The predicted octanol–water partition coefficient (Wildman–Crippen LogP) is 5.20. The number of hydrogen-bond donors (Lipinski definition) is 0. The van der Waals surface area contributed by atoms with Gasteiger partial charge in [0.05, 0.1) is 12.8 Å². The molecule has 3 aromatic rings. The molecule has 0 saturated carbocycles. The molecular weight excluding hydrogens is 392 g/mol. The van der Waals surface area contributed by atoms with Crippen LogP contribution in [0.2, 0.25) is 0 Å². The smallest absolute Gasteiger partial charge is 0.259 e. The number of amides is 1. The van der Waals surface area contributed by atoms with Gasteiger partial charge in [0.25, 0.3) is 5.91 Å². The number of carbonyl (C=O) groups is 1. The highest BCUT2D eigenvalue weighted by molar-refractivity contribution is 7.81. The third kappa shape index (κ3) is 3.57. The number of hydrogen-bond acceptors (Lipinski definition) is 3. The molecule has 152 valence electrons. The van der Waals surface area contributed by atoms with E-state index in [1.165, 1.54) is 11.1 Å². The predicted molar refractivity (Wildman–Crippen MR) is 125 cm³/mol. The Kier molecular flexibility index (Phi) is 5.31. The Morgan fingerprint density at radius 2 is 1.40 bits per heavy atom. The van der Waals surface area contributed by atoms with Crippen molar-refractivity contribution >= 4 is 34.6 Å². The van der Waals surface area contributed by atoms with Gasteiger partial charge < -0.3 is 9.64 Å². The number of nitrogens with zero attached hydrogens (tertiary/aromatic N) is 2. The van der Waals surface area contributed by atoms with Crippen molar-refractivity contribution < 1.29 is 9.53 Å². The van der Waals surface area contributed by atoms with Crippen LogP contribution < -0.4 is 14.5 Å². The fourth-order valence-electron chi connectivity index (χ4n) is 3.78. The van der Waals surface area contributed by atoms with Crippen molar-refractivity contribution in [2.45, 2.75) is 25.8 Å². The molecule has 0 aliphatic carbocycles. The molecule has 0 N–H and O–H groups in total. The second-order valence-corrected chi connectivity index (χ2v) is 8.21. The maximum Gasteiger partial charge on any atom is 0.259 e. The number of ether oxygens (including phenoxy) is 1. The van der Waals surface area contributed by atoms with Crippen LogP contribution in [-0.4, -0.2) is 23.7 Å². The van der Waals surface area contributed by atoms with Gasteiger partial charge in [-0.15, -0.1) is 0 Å². The lowest BCUT2D eigenvalue weighted by Crippen LogP contribution is -2.44. The van der Waals surface area contributed by atoms with E-state index in [1.54, 1.807) is 12.0 Å². The van der Waals surface area contributed by atoms with E-state index in [0.717, 1.165) is 23.5 Å². The number of benzene rings is 3. The van der Waals surface area contributed by atoms with Crippen LogP contribution in [0.25, 0.3) is 0 Å². The van der Waals surface area contributed by atoms with Gasteiger partial charge in [0.15, 0.2) is 5.11 Å². The van der Waals surface area contributed by atoms with Gasteiger partial charge in [-0.3, -0.25) is 9.69 Å². The maximum atomic E-state index is 13.2. The van der Waals surface area contributed by atoms with Crippen molar-refractivity contribution in [3.63, 3.8) is 0 Å². The summed E-state index contributed by atoms with van der Waals surface area (Å²) < 4.78 is 5.22. The molecule has 0 bridgehead atoms. The molecule has 1 aliphatic heterocycles. The van der Waals surface area contributed by atoms with Crippen LogP contribution in [-0.2, 0) is 11.2 Å². The number of rotatable bonds is 5. The minimum Gasteiger partial charge on any atom is -0.497 e. The summed E-state index contributed by atoms with van der Waals surface area (Å²) >= 11 is 5.75. The van der Waals surface area contributed by atoms with Crippen molar-refractivity contribution in [2.75, 3.05) is 16.9 Å². The highest BCUT2D eigenvalue weighted by atomic mass is 32.1. The number of thiocarbonyl (C=S) groups is 1. The first-order valence-electron chi connectivity index (χ1n) is 9.87. The molecule has 3 aromatic carbocycles. The fourth-order valence-corrected chi connectivity index (χ4v) is 4.30. The minimum atomic E-state index is -0.780. The van der Waals surface area contributed by atoms with Crippen LogP contribution in [0.15, 0.2) is 78.9 Å². The van der Waals surface area contributed by atoms with E-state index in [0.29, 0.717) is 5.11 Å². The molecule has 1 amide bonds. The average molecular weight is 417 g/mol. The average Bonchev–Trinajstić information content (AvgIpc) is 2.94. The molecule has 1 saturated heterocycles. The summed E-state index contributed by atoms with van der Waals surface area (Å²) in [5.41, 5.74) is 3.35. The molecule has 30 heavy (non-hydrogen) atoms. The lowest BCUT2D eigenvalue weighted by atomic mass is 10.0. The van der Waals surface area contributed by atoms with Crippen molar-refractivity contribution in [2.24, 2.45) is 0 Å². The first-order valence-corrected chi connectivity index (χ1v) is 10.3. The van der Waals surface area contributed by atoms with Gasteiger partial charge >= 0.3 is 0 Å². The number of methoxy groups -OCH3 is 1. The Labute approximate surface area is 182 Å². The SMILES string of the molecule is COc1ccc(N2C(=O)C(C)(C)N(c3ccc(Cc4ccccc4)cc3)C2=S)cc1. The van der Waals surface area contributed by atoms with Crippen LogP contribution in [0.4, 0.5) is 11.4 Å². The Hall–Kier alpha value is -3.18. The second-order valence-electron chi connectivity index (χ2n) is 7.84. The summed E-state index contributed by atoms with van der Waals surface area (Å²) in [7, 11) is 1.62. The van der Waals surface area contributed by atoms with Crippen LogP contribution in [0.1, 0.15) is 25.0 Å². The Bertz CT molecular complexity index is 1060. The largest absolute Gasteiger partial charge is 0.497 e. The summed E-state index contributed by atoms with van der Waals surface area (Å²) in [6.07, 6.45) is 0.867. The van der Waals surface area contributed by atoms with Crippen LogP contribution >= 0.6 is 12.2 Å². The van der Waals surface area contributed by atoms with E-state index in [4.69, 9.17) is 17.0 Å². The zero-order chi connectivity index (χ0) is 21.3. The summed E-state index contributed by atoms with van der Waals surface area (Å²) in [6.45, 7) is 3.81. The van der Waals surface area contributed by atoms with Gasteiger partial charge in [0, 0.05) is 5.69 Å². The van der Waals surface area contributed by atoms with E-state index in [-0.39, 0.29) is 5.91 Å². The topological polar surface area (TPSA) is 32.8 Å². The van der Waals surface area contributed by atoms with Crippen molar-refractivity contribution in [1.29, 1.82) is 0 Å². The molecule has 4 nitrogen and oxygen atoms in total. The van der Waals surface area contributed by atoms with E-state index in [9.17, 15) is 4.79 Å². The molecule has 0 unspecified atom stereocenters. The van der Waals surface area contributed by atoms with Gasteiger partial charge in [-0.1, -0.05) is 42.5 Å². The van der Waals surface area contributed by atoms with Crippen LogP contribution in [0.3, 0.4) is 0 Å². The normalized spacial score (nSPS) is 15.6. The summed E-state index contributed by atoms with van der Waals surface area (Å²) in [4.78, 5) is 16.8. The first kappa shape index (κ1) is 20.1. The van der Waals surface area contributed by atoms with E-state index >= 15 is 0 Å². The summed E-state index contributed by atoms with van der Waals surface area (Å²) in [5.74, 6) is 0.687. The van der Waals surface area contributed by atoms with Gasteiger partial charge in [-0.05, 0) is 80.0 Å². The molecule has 0 aromatic heterocycles. The molecule has 1 fully saturated rings. The molecule has 1 aliphatic rings. The van der Waals surface area contributed by atoms with Crippen molar-refractivity contribution in [3.8, 4) is 5.75 Å². The van der Waals surface area contributed by atoms with Gasteiger partial charge in [-0.25, -0.2) is 0 Å². The van der Waals surface area contributed by atoms with Gasteiger partial charge in [0.1, 0.15) is 11.3 Å². The zero-order valence-corrected chi connectivity index (χ0v) is 18.1. The molecule has 0 radical (unpaired) electrons. The Morgan fingerprint density at radius 3 is 2.00 bits per heavy atom. The Balaban J connectivity index is 1.61. The molecule has 5 heteroatoms. The molecule has 4 rings (SSSR count). The van der Waals surface area contributed by atoms with E-state index in [1.807, 2.05) is 73.3 Å². The van der Waals surface area contributed by atoms with Crippen molar-refractivity contribution in [3.05, 3.63) is 90.0 Å². The highest BCUT2D eigenvalue weighted by Crippen LogP contribution is 2.36. The molecule has 0 spiro atoms. The van der Waals surface area contributed by atoms with Gasteiger partial charge in [-0.2, -0.15) is 0 Å². The molecular formula is C25H24N2O2S. The first-order chi connectivity index (χ1) is 14.4. The molecule has 0 atom stereocenters. The maximum absolute atomic E-state index is 13.2. The third-order valence-electron chi connectivity index (χ3n) is 5.44. The molecule has 1 heterocycles. The monoisotopic (exact) mass is 416 g/mol. The second kappa shape index (κ2) is 7.92. The number of anilines is 2. The van der Waals surface area contributed by atoms with E-state index in [2.05, 4.69) is 24.3 Å². The van der Waals surface area contributed by atoms with Gasteiger partial charge in [0.2, 0.25) is 0 Å². The fraction of sp³-hybridized carbons (Fsp3) is 0.200. The summed E-state index contributed by atoms with van der Waals surface area (Å²) in [5, 5.41) is 0.478. The lowest BCUT2D eigenvalue weighted by Gasteiger charge is -2.29. The zero-order valence-electron chi connectivity index (χ0n) is 17.3. The number of carbonyl (C=O) groups excluding carboxylic acids is 1. The standard InChI is InChI=1S/C25H24N2O2S/c1-25(2)23(28)26(20-13-15-22(29-3)16-14-20)24(30)27(25)21-11-9-19(10-12-21)17-18-7-5-4-6-8-18/h4-16H,17H2,1-3H3. The van der Waals surface area contributed by atoms with Crippen LogP contribution in [0, 0.1) is 0 Å². The van der Waals surface area contributed by atoms with Crippen LogP contribution in [0.5, 0.6) is 5.75 Å². The van der Waals surface area contributed by atoms with Crippen molar-refractivity contribution in [1.82, 2.24) is 0 Å². The lowest BCUT2D eigenvalue weighted by molar-refractivity contribution is -0.120. The quantitative estimate of drug-likeness (QED) is 0.535. The summed E-state index contributed by atoms with van der Waals surface area (Å²) in [6, 6.07) is 26.0. The Morgan fingerprint density at radius 1 is 0.833 bits per heavy atom.